The molecule has 0 spiro atoms. The third-order valence-electron chi connectivity index (χ3n) is 7.56. The monoisotopic (exact) mass is 535 g/mol. The number of nitrogens with one attached hydrogen (secondary N) is 1. The second-order valence-corrected chi connectivity index (χ2v) is 10.3. The van der Waals surface area contributed by atoms with Crippen LogP contribution in [0.2, 0.25) is 5.02 Å². The predicted octanol–water partition coefficient (Wildman–Crippen LogP) is 7.63. The van der Waals surface area contributed by atoms with Gasteiger partial charge in [0.1, 0.15) is 5.82 Å². The number of carbonyl (C=O) groups excluding carboxylic acids is 1. The standard InChI is InChI=1S/C32H30ClN5O/c1-4-23-15-17-24(18-16-23)30-29-14-9-19-36(29)31-26(22(3)35-38(31)25-10-6-5-7-11-25)20-37(30)32(39)34-28-13-8-12-27(33)21(28)2/h5-19,30H,4,20H2,1-3H3,(H,34,39)/t30-/m1/s1. The van der Waals surface area contributed by atoms with Crippen molar-refractivity contribution >= 4 is 23.3 Å². The molecule has 0 unspecified atom stereocenters. The molecule has 1 atom stereocenters. The van der Waals surface area contributed by atoms with Crippen LogP contribution in [0.4, 0.5) is 10.5 Å². The first-order chi connectivity index (χ1) is 19.0. The first-order valence-corrected chi connectivity index (χ1v) is 13.6. The second kappa shape index (κ2) is 10.1. The Morgan fingerprint density at radius 2 is 1.74 bits per heavy atom. The Morgan fingerprint density at radius 1 is 0.974 bits per heavy atom. The molecule has 0 saturated carbocycles. The van der Waals surface area contributed by atoms with E-state index in [-0.39, 0.29) is 12.1 Å². The maximum Gasteiger partial charge on any atom is 0.322 e. The van der Waals surface area contributed by atoms with E-state index in [1.165, 1.54) is 5.56 Å². The lowest BCUT2D eigenvalue weighted by molar-refractivity contribution is 0.194. The summed E-state index contributed by atoms with van der Waals surface area (Å²) in [5.74, 6) is 0.947. The fourth-order valence-electron chi connectivity index (χ4n) is 5.37. The van der Waals surface area contributed by atoms with Crippen molar-refractivity contribution in [3.8, 4) is 11.5 Å². The van der Waals surface area contributed by atoms with Crippen LogP contribution in [0.25, 0.3) is 11.5 Å². The fourth-order valence-corrected chi connectivity index (χ4v) is 5.54. The maximum absolute atomic E-state index is 14.2. The van der Waals surface area contributed by atoms with Crippen LogP contribution in [0.3, 0.4) is 0 Å². The Kier molecular flexibility index (Phi) is 6.49. The number of hydrogen-bond donors (Lipinski definition) is 1. The molecule has 0 aliphatic carbocycles. The van der Waals surface area contributed by atoms with Crippen LogP contribution < -0.4 is 5.32 Å². The highest BCUT2D eigenvalue weighted by Crippen LogP contribution is 2.39. The van der Waals surface area contributed by atoms with Gasteiger partial charge in [0.25, 0.3) is 0 Å². The van der Waals surface area contributed by atoms with Gasteiger partial charge in [-0.05, 0) is 73.4 Å². The topological polar surface area (TPSA) is 55.1 Å². The molecule has 6 rings (SSSR count). The maximum atomic E-state index is 14.2. The summed E-state index contributed by atoms with van der Waals surface area (Å²) in [5, 5.41) is 8.69. The number of aryl methyl sites for hydroxylation is 2. The van der Waals surface area contributed by atoms with Gasteiger partial charge in [-0.1, -0.05) is 67.1 Å². The number of amides is 2. The summed E-state index contributed by atoms with van der Waals surface area (Å²) in [6.07, 6.45) is 3.02. The molecule has 0 radical (unpaired) electrons. The molecule has 5 aromatic rings. The molecule has 2 aromatic heterocycles. The fraction of sp³-hybridized carbons (Fsp3) is 0.188. The van der Waals surface area contributed by atoms with Gasteiger partial charge in [-0.2, -0.15) is 5.10 Å². The van der Waals surface area contributed by atoms with Gasteiger partial charge in [-0.3, -0.25) is 0 Å². The van der Waals surface area contributed by atoms with Crippen LogP contribution in [0, 0.1) is 13.8 Å². The molecule has 3 heterocycles. The Hall–Kier alpha value is -4.29. The molecule has 39 heavy (non-hydrogen) atoms. The Morgan fingerprint density at radius 3 is 2.49 bits per heavy atom. The molecule has 1 aliphatic rings. The first-order valence-electron chi connectivity index (χ1n) is 13.2. The number of urea groups is 1. The zero-order valence-corrected chi connectivity index (χ0v) is 23.0. The summed E-state index contributed by atoms with van der Waals surface area (Å²) in [6, 6.07) is 27.9. The van der Waals surface area contributed by atoms with E-state index in [9.17, 15) is 4.79 Å². The van der Waals surface area contributed by atoms with Crippen molar-refractivity contribution in [2.45, 2.75) is 39.8 Å². The molecular formula is C32H30ClN5O. The zero-order valence-electron chi connectivity index (χ0n) is 22.2. The number of carbonyl (C=O) groups is 1. The van der Waals surface area contributed by atoms with E-state index in [1.807, 2.05) is 78.0 Å². The van der Waals surface area contributed by atoms with E-state index in [0.717, 1.165) is 46.0 Å². The number of hydrogen-bond acceptors (Lipinski definition) is 2. The minimum Gasteiger partial charge on any atom is -0.307 e. The lowest BCUT2D eigenvalue weighted by atomic mass is 9.99. The lowest BCUT2D eigenvalue weighted by Crippen LogP contribution is -2.38. The van der Waals surface area contributed by atoms with Gasteiger partial charge in [0.2, 0.25) is 0 Å². The zero-order chi connectivity index (χ0) is 27.1. The molecule has 1 N–H and O–H groups in total. The Labute approximate surface area is 233 Å². The summed E-state index contributed by atoms with van der Waals surface area (Å²) in [5.41, 5.74) is 7.69. The average molecular weight is 536 g/mol. The van der Waals surface area contributed by atoms with Crippen molar-refractivity contribution in [1.29, 1.82) is 0 Å². The number of benzene rings is 3. The van der Waals surface area contributed by atoms with Crippen molar-refractivity contribution in [1.82, 2.24) is 19.2 Å². The molecule has 3 aromatic carbocycles. The molecular weight excluding hydrogens is 506 g/mol. The normalized spacial score (nSPS) is 14.5. The number of para-hydroxylation sites is 1. The van der Waals surface area contributed by atoms with Crippen molar-refractivity contribution in [2.75, 3.05) is 5.32 Å². The number of halogens is 1. The van der Waals surface area contributed by atoms with E-state index in [4.69, 9.17) is 16.7 Å². The Bertz CT molecular complexity index is 1650. The molecule has 196 valence electrons. The highest BCUT2D eigenvalue weighted by Gasteiger charge is 2.36. The van der Waals surface area contributed by atoms with Crippen molar-refractivity contribution in [3.05, 3.63) is 130 Å². The van der Waals surface area contributed by atoms with Gasteiger partial charge >= 0.3 is 6.03 Å². The quantitative estimate of drug-likeness (QED) is 0.257. The number of anilines is 1. The van der Waals surface area contributed by atoms with E-state index >= 15 is 0 Å². The van der Waals surface area contributed by atoms with Crippen LogP contribution in [0.5, 0.6) is 0 Å². The van der Waals surface area contributed by atoms with Gasteiger partial charge in [-0.15, -0.1) is 0 Å². The Balaban J connectivity index is 1.53. The predicted molar refractivity (Wildman–Crippen MR) is 156 cm³/mol. The first kappa shape index (κ1) is 25.0. The van der Waals surface area contributed by atoms with E-state index in [0.29, 0.717) is 17.3 Å². The molecule has 0 saturated heterocycles. The highest BCUT2D eigenvalue weighted by atomic mass is 35.5. The number of nitrogens with zero attached hydrogens (tertiary/aromatic N) is 4. The number of fused-ring (bicyclic) bond motifs is 3. The third-order valence-corrected chi connectivity index (χ3v) is 7.97. The van der Waals surface area contributed by atoms with Gasteiger partial charge < -0.3 is 14.8 Å². The summed E-state index contributed by atoms with van der Waals surface area (Å²) in [6.45, 7) is 6.46. The van der Waals surface area contributed by atoms with Crippen molar-refractivity contribution in [2.24, 2.45) is 0 Å². The van der Waals surface area contributed by atoms with Gasteiger partial charge in [0, 0.05) is 22.5 Å². The second-order valence-electron chi connectivity index (χ2n) is 9.91. The third kappa shape index (κ3) is 4.41. The summed E-state index contributed by atoms with van der Waals surface area (Å²) >= 11 is 6.38. The van der Waals surface area contributed by atoms with Crippen LogP contribution in [0.15, 0.2) is 91.1 Å². The molecule has 0 fully saturated rings. The SMILES string of the molecule is CCc1ccc([C@@H]2c3cccn3-c3c(c(C)nn3-c3ccccc3)CN2C(=O)Nc2cccc(Cl)c2C)cc1. The van der Waals surface area contributed by atoms with Crippen molar-refractivity contribution in [3.63, 3.8) is 0 Å². The van der Waals surface area contributed by atoms with Gasteiger partial charge in [0.05, 0.1) is 29.7 Å². The summed E-state index contributed by atoms with van der Waals surface area (Å²) in [4.78, 5) is 16.1. The van der Waals surface area contributed by atoms with Crippen LogP contribution >= 0.6 is 11.6 Å². The minimum atomic E-state index is -0.318. The highest BCUT2D eigenvalue weighted by molar-refractivity contribution is 6.31. The van der Waals surface area contributed by atoms with Gasteiger partial charge in [0.15, 0.2) is 0 Å². The number of rotatable bonds is 4. The van der Waals surface area contributed by atoms with E-state index in [2.05, 4.69) is 53.3 Å². The summed E-state index contributed by atoms with van der Waals surface area (Å²) in [7, 11) is 0. The molecule has 0 bridgehead atoms. The molecule has 1 aliphatic heterocycles. The minimum absolute atomic E-state index is 0.197. The average Bonchev–Trinajstić information content (AvgIpc) is 3.52. The van der Waals surface area contributed by atoms with Crippen LogP contribution in [0.1, 0.15) is 46.6 Å². The van der Waals surface area contributed by atoms with Crippen molar-refractivity contribution < 1.29 is 4.79 Å². The largest absolute Gasteiger partial charge is 0.322 e. The molecule has 2 amide bonds. The van der Waals surface area contributed by atoms with Gasteiger partial charge in [-0.25, -0.2) is 9.48 Å². The summed E-state index contributed by atoms with van der Waals surface area (Å²) < 4.78 is 4.16. The smallest absolute Gasteiger partial charge is 0.307 e. The van der Waals surface area contributed by atoms with E-state index < -0.39 is 0 Å². The van der Waals surface area contributed by atoms with Crippen LogP contribution in [-0.4, -0.2) is 25.3 Å². The number of aromatic nitrogens is 3. The molecule has 6 nitrogen and oxygen atoms in total. The van der Waals surface area contributed by atoms with E-state index in [1.54, 1.807) is 0 Å². The molecule has 7 heteroatoms. The van der Waals surface area contributed by atoms with Crippen LogP contribution in [-0.2, 0) is 13.0 Å². The lowest BCUT2D eigenvalue weighted by Gasteiger charge is -2.31.